The highest BCUT2D eigenvalue weighted by atomic mass is 32.1. The van der Waals surface area contributed by atoms with E-state index >= 15 is 0 Å². The number of esters is 1. The largest absolute Gasteiger partial charge is 0.459 e. The minimum absolute atomic E-state index is 0.152. The second-order valence-electron chi connectivity index (χ2n) is 5.16. The van der Waals surface area contributed by atoms with Crippen LogP contribution in [-0.2, 0) is 4.74 Å². The molecule has 22 heavy (non-hydrogen) atoms. The maximum atomic E-state index is 12.6. The highest BCUT2D eigenvalue weighted by Crippen LogP contribution is 2.15. The molecule has 0 bridgehead atoms. The SMILES string of the molecule is CCCC(C)OC(=O)c1ccccc1C(=O)N(CC)CCS. The van der Waals surface area contributed by atoms with Crippen LogP contribution in [-0.4, -0.2) is 41.7 Å². The van der Waals surface area contributed by atoms with Crippen molar-refractivity contribution >= 4 is 24.5 Å². The van der Waals surface area contributed by atoms with E-state index in [2.05, 4.69) is 12.6 Å². The van der Waals surface area contributed by atoms with Crippen LogP contribution in [0.25, 0.3) is 0 Å². The lowest BCUT2D eigenvalue weighted by atomic mass is 10.1. The quantitative estimate of drug-likeness (QED) is 0.589. The van der Waals surface area contributed by atoms with Crippen LogP contribution >= 0.6 is 12.6 Å². The van der Waals surface area contributed by atoms with E-state index in [0.29, 0.717) is 30.0 Å². The van der Waals surface area contributed by atoms with Gasteiger partial charge in [-0.15, -0.1) is 0 Å². The van der Waals surface area contributed by atoms with E-state index in [1.807, 2.05) is 20.8 Å². The summed E-state index contributed by atoms with van der Waals surface area (Å²) in [5, 5.41) is 0. The Morgan fingerprint density at radius 3 is 2.41 bits per heavy atom. The number of hydrogen-bond acceptors (Lipinski definition) is 4. The zero-order valence-corrected chi connectivity index (χ0v) is 14.4. The standard InChI is InChI=1S/C17H25NO3S/c1-4-8-13(3)21-17(20)15-10-7-6-9-14(15)16(19)18(5-2)11-12-22/h6-7,9-10,13,22H,4-5,8,11-12H2,1-3H3. The van der Waals surface area contributed by atoms with Gasteiger partial charge in [-0.25, -0.2) is 4.79 Å². The van der Waals surface area contributed by atoms with Gasteiger partial charge in [-0.3, -0.25) is 4.79 Å². The Morgan fingerprint density at radius 2 is 1.86 bits per heavy atom. The second kappa shape index (κ2) is 9.51. The van der Waals surface area contributed by atoms with Crippen molar-refractivity contribution in [1.82, 2.24) is 4.90 Å². The average Bonchev–Trinajstić information content (AvgIpc) is 2.52. The first kappa shape index (κ1) is 18.6. The monoisotopic (exact) mass is 323 g/mol. The van der Waals surface area contributed by atoms with Gasteiger partial charge in [-0.1, -0.05) is 25.5 Å². The minimum Gasteiger partial charge on any atom is -0.459 e. The van der Waals surface area contributed by atoms with E-state index in [-0.39, 0.29) is 12.0 Å². The van der Waals surface area contributed by atoms with Gasteiger partial charge in [0.2, 0.25) is 0 Å². The third-order valence-electron chi connectivity index (χ3n) is 3.42. The van der Waals surface area contributed by atoms with Gasteiger partial charge >= 0.3 is 5.97 Å². The molecule has 5 heteroatoms. The molecule has 1 rings (SSSR count). The van der Waals surface area contributed by atoms with Crippen LogP contribution in [0.15, 0.2) is 24.3 Å². The van der Waals surface area contributed by atoms with Gasteiger partial charge in [0, 0.05) is 18.8 Å². The van der Waals surface area contributed by atoms with Crippen LogP contribution in [0.4, 0.5) is 0 Å². The van der Waals surface area contributed by atoms with E-state index in [0.717, 1.165) is 12.8 Å². The van der Waals surface area contributed by atoms with Crippen molar-refractivity contribution in [3.05, 3.63) is 35.4 Å². The highest BCUT2D eigenvalue weighted by Gasteiger charge is 2.22. The predicted octanol–water partition coefficient (Wildman–Crippen LogP) is 3.42. The first-order valence-electron chi connectivity index (χ1n) is 7.75. The molecule has 0 saturated heterocycles. The van der Waals surface area contributed by atoms with Crippen LogP contribution in [0.2, 0.25) is 0 Å². The van der Waals surface area contributed by atoms with Crippen LogP contribution in [0.1, 0.15) is 54.3 Å². The number of thiol groups is 1. The van der Waals surface area contributed by atoms with Crippen molar-refractivity contribution in [1.29, 1.82) is 0 Å². The Bertz CT molecular complexity index is 504. The van der Waals surface area contributed by atoms with Crippen molar-refractivity contribution in [2.75, 3.05) is 18.8 Å². The van der Waals surface area contributed by atoms with Crippen LogP contribution < -0.4 is 0 Å². The summed E-state index contributed by atoms with van der Waals surface area (Å²) in [6.07, 6.45) is 1.60. The van der Waals surface area contributed by atoms with E-state index in [1.54, 1.807) is 29.2 Å². The second-order valence-corrected chi connectivity index (χ2v) is 5.61. The van der Waals surface area contributed by atoms with Gasteiger partial charge in [-0.05, 0) is 32.4 Å². The molecule has 122 valence electrons. The first-order chi connectivity index (χ1) is 10.5. The third-order valence-corrected chi connectivity index (χ3v) is 3.62. The molecule has 1 amide bonds. The molecule has 0 aliphatic rings. The lowest BCUT2D eigenvalue weighted by molar-refractivity contribution is 0.0319. The number of amides is 1. The van der Waals surface area contributed by atoms with Crippen molar-refractivity contribution in [2.45, 2.75) is 39.7 Å². The lowest BCUT2D eigenvalue weighted by Crippen LogP contribution is -2.33. The molecule has 1 unspecified atom stereocenters. The molecule has 0 aromatic heterocycles. The van der Waals surface area contributed by atoms with E-state index in [1.165, 1.54) is 0 Å². The van der Waals surface area contributed by atoms with E-state index in [9.17, 15) is 9.59 Å². The number of benzene rings is 1. The smallest absolute Gasteiger partial charge is 0.339 e. The molecule has 0 fully saturated rings. The summed E-state index contributed by atoms with van der Waals surface area (Å²) in [7, 11) is 0. The summed E-state index contributed by atoms with van der Waals surface area (Å²) in [5.74, 6) is -0.0150. The van der Waals surface area contributed by atoms with Crippen molar-refractivity contribution in [2.24, 2.45) is 0 Å². The van der Waals surface area contributed by atoms with Crippen molar-refractivity contribution in [3.8, 4) is 0 Å². The Morgan fingerprint density at radius 1 is 1.23 bits per heavy atom. The number of carbonyl (C=O) groups is 2. The fraction of sp³-hybridized carbons (Fsp3) is 0.529. The minimum atomic E-state index is -0.438. The van der Waals surface area contributed by atoms with E-state index in [4.69, 9.17) is 4.74 Å². The Hall–Kier alpha value is -1.49. The molecule has 0 N–H and O–H groups in total. The van der Waals surface area contributed by atoms with Gasteiger partial charge in [0.25, 0.3) is 5.91 Å². The molecule has 0 radical (unpaired) electrons. The number of hydrogen-bond donors (Lipinski definition) is 1. The first-order valence-corrected chi connectivity index (χ1v) is 8.38. The maximum absolute atomic E-state index is 12.6. The average molecular weight is 323 g/mol. The molecule has 1 aromatic carbocycles. The number of rotatable bonds is 8. The summed E-state index contributed by atoms with van der Waals surface area (Å²) in [4.78, 5) is 26.6. The van der Waals surface area contributed by atoms with Crippen LogP contribution in [0, 0.1) is 0 Å². The summed E-state index contributed by atoms with van der Waals surface area (Å²) in [5.41, 5.74) is 0.716. The van der Waals surface area contributed by atoms with Gasteiger partial charge in [0.1, 0.15) is 0 Å². The molecule has 0 saturated carbocycles. The Labute approximate surface area is 138 Å². The van der Waals surface area contributed by atoms with Gasteiger partial charge in [0.15, 0.2) is 0 Å². The molecule has 0 heterocycles. The van der Waals surface area contributed by atoms with Gasteiger partial charge in [-0.2, -0.15) is 12.6 Å². The normalized spacial score (nSPS) is 11.8. The van der Waals surface area contributed by atoms with Crippen LogP contribution in [0.5, 0.6) is 0 Å². The summed E-state index contributed by atoms with van der Waals surface area (Å²) in [6.45, 7) is 6.94. The van der Waals surface area contributed by atoms with Gasteiger partial charge < -0.3 is 9.64 Å². The van der Waals surface area contributed by atoms with Gasteiger partial charge in [0.05, 0.1) is 17.2 Å². The molecule has 0 aliphatic carbocycles. The molecule has 0 spiro atoms. The maximum Gasteiger partial charge on any atom is 0.339 e. The Balaban J connectivity index is 2.98. The molecular formula is C17H25NO3S. The summed E-state index contributed by atoms with van der Waals surface area (Å²) < 4.78 is 5.42. The zero-order chi connectivity index (χ0) is 16.5. The fourth-order valence-corrected chi connectivity index (χ4v) is 2.50. The summed E-state index contributed by atoms with van der Waals surface area (Å²) in [6, 6.07) is 6.81. The molecule has 4 nitrogen and oxygen atoms in total. The van der Waals surface area contributed by atoms with Crippen molar-refractivity contribution in [3.63, 3.8) is 0 Å². The lowest BCUT2D eigenvalue weighted by Gasteiger charge is -2.21. The number of carbonyl (C=O) groups excluding carboxylic acids is 2. The van der Waals surface area contributed by atoms with Crippen molar-refractivity contribution < 1.29 is 14.3 Å². The van der Waals surface area contributed by atoms with Crippen LogP contribution in [0.3, 0.4) is 0 Å². The zero-order valence-electron chi connectivity index (χ0n) is 13.5. The fourth-order valence-electron chi connectivity index (χ4n) is 2.25. The highest BCUT2D eigenvalue weighted by molar-refractivity contribution is 7.80. The predicted molar refractivity (Wildman–Crippen MR) is 91.7 cm³/mol. The Kier molecular flexibility index (Phi) is 8.02. The third kappa shape index (κ3) is 5.05. The molecular weight excluding hydrogens is 298 g/mol. The molecule has 1 aromatic rings. The molecule has 0 aliphatic heterocycles. The number of nitrogens with zero attached hydrogens (tertiary/aromatic N) is 1. The number of ether oxygens (including phenoxy) is 1. The van der Waals surface area contributed by atoms with E-state index < -0.39 is 5.97 Å². The molecule has 1 atom stereocenters. The summed E-state index contributed by atoms with van der Waals surface area (Å²) >= 11 is 4.17. The topological polar surface area (TPSA) is 46.6 Å².